The molecule has 0 aromatic heterocycles. The van der Waals surface area contributed by atoms with Crippen molar-refractivity contribution >= 4 is 5.91 Å². The fourth-order valence-corrected chi connectivity index (χ4v) is 2.48. The maximum Gasteiger partial charge on any atom is 0.220 e. The molecule has 4 nitrogen and oxygen atoms in total. The van der Waals surface area contributed by atoms with Gasteiger partial charge in [0, 0.05) is 19.6 Å². The SMILES string of the molecule is COc1ccc(CCC(=O)NC[C@H]2CCCO2)cc1C. The lowest BCUT2D eigenvalue weighted by atomic mass is 10.1. The first-order valence-electron chi connectivity index (χ1n) is 7.21. The highest BCUT2D eigenvalue weighted by atomic mass is 16.5. The van der Waals surface area contributed by atoms with Crippen LogP contribution in [0, 0.1) is 6.92 Å². The molecule has 20 heavy (non-hydrogen) atoms. The number of methoxy groups -OCH3 is 1. The standard InChI is InChI=1S/C16H23NO3/c1-12-10-13(5-7-15(12)19-2)6-8-16(18)17-11-14-4-3-9-20-14/h5,7,10,14H,3-4,6,8-9,11H2,1-2H3,(H,17,18)/t14-/m1/s1. The highest BCUT2D eigenvalue weighted by Gasteiger charge is 2.15. The summed E-state index contributed by atoms with van der Waals surface area (Å²) in [6.07, 6.45) is 3.63. The number of hydrogen-bond donors (Lipinski definition) is 1. The molecule has 1 heterocycles. The van der Waals surface area contributed by atoms with Crippen molar-refractivity contribution in [1.29, 1.82) is 0 Å². The Morgan fingerprint density at radius 2 is 2.35 bits per heavy atom. The van der Waals surface area contributed by atoms with Gasteiger partial charge in [-0.25, -0.2) is 0 Å². The molecule has 1 aliphatic rings. The molecule has 0 aliphatic carbocycles. The van der Waals surface area contributed by atoms with Crippen molar-refractivity contribution in [3.05, 3.63) is 29.3 Å². The maximum absolute atomic E-state index is 11.8. The zero-order valence-corrected chi connectivity index (χ0v) is 12.3. The summed E-state index contributed by atoms with van der Waals surface area (Å²) in [5, 5.41) is 2.94. The number of ether oxygens (including phenoxy) is 2. The van der Waals surface area contributed by atoms with Gasteiger partial charge in [0.1, 0.15) is 5.75 Å². The van der Waals surface area contributed by atoms with Crippen LogP contribution in [0.1, 0.15) is 30.4 Å². The second kappa shape index (κ2) is 7.29. The first-order chi connectivity index (χ1) is 9.69. The molecular formula is C16H23NO3. The monoisotopic (exact) mass is 277 g/mol. The number of carbonyl (C=O) groups is 1. The van der Waals surface area contributed by atoms with Crippen LogP contribution in [-0.4, -0.2) is 32.3 Å². The molecule has 0 unspecified atom stereocenters. The lowest BCUT2D eigenvalue weighted by Gasteiger charge is -2.11. The Morgan fingerprint density at radius 1 is 1.50 bits per heavy atom. The average molecular weight is 277 g/mol. The zero-order valence-electron chi connectivity index (χ0n) is 12.3. The van der Waals surface area contributed by atoms with Gasteiger partial charge in [0.15, 0.2) is 0 Å². The van der Waals surface area contributed by atoms with Gasteiger partial charge in [-0.15, -0.1) is 0 Å². The molecule has 0 spiro atoms. The summed E-state index contributed by atoms with van der Waals surface area (Å²) in [7, 11) is 1.67. The third-order valence-corrected chi connectivity index (χ3v) is 3.65. The first-order valence-corrected chi connectivity index (χ1v) is 7.21. The molecule has 0 saturated carbocycles. The predicted octanol–water partition coefficient (Wildman–Crippen LogP) is 2.23. The van der Waals surface area contributed by atoms with Crippen LogP contribution < -0.4 is 10.1 Å². The summed E-state index contributed by atoms with van der Waals surface area (Å²) in [5.41, 5.74) is 2.26. The van der Waals surface area contributed by atoms with Crippen molar-refractivity contribution in [3.63, 3.8) is 0 Å². The van der Waals surface area contributed by atoms with Crippen LogP contribution in [0.2, 0.25) is 0 Å². The molecular weight excluding hydrogens is 254 g/mol. The van der Waals surface area contributed by atoms with Gasteiger partial charge in [-0.1, -0.05) is 12.1 Å². The van der Waals surface area contributed by atoms with E-state index in [9.17, 15) is 4.79 Å². The van der Waals surface area contributed by atoms with E-state index >= 15 is 0 Å². The van der Waals surface area contributed by atoms with Crippen LogP contribution in [0.15, 0.2) is 18.2 Å². The Hall–Kier alpha value is -1.55. The van der Waals surface area contributed by atoms with E-state index in [-0.39, 0.29) is 12.0 Å². The second-order valence-electron chi connectivity index (χ2n) is 5.24. The van der Waals surface area contributed by atoms with E-state index in [0.717, 1.165) is 42.7 Å². The van der Waals surface area contributed by atoms with Crippen molar-refractivity contribution in [2.24, 2.45) is 0 Å². The van der Waals surface area contributed by atoms with E-state index in [1.807, 2.05) is 19.1 Å². The van der Waals surface area contributed by atoms with E-state index < -0.39 is 0 Å². The minimum Gasteiger partial charge on any atom is -0.496 e. The normalized spacial score (nSPS) is 18.0. The molecule has 1 N–H and O–H groups in total. The van der Waals surface area contributed by atoms with Gasteiger partial charge in [0.2, 0.25) is 5.91 Å². The van der Waals surface area contributed by atoms with Crippen molar-refractivity contribution in [1.82, 2.24) is 5.32 Å². The highest BCUT2D eigenvalue weighted by molar-refractivity contribution is 5.76. The largest absolute Gasteiger partial charge is 0.496 e. The minimum absolute atomic E-state index is 0.0916. The molecule has 0 radical (unpaired) electrons. The van der Waals surface area contributed by atoms with Crippen molar-refractivity contribution in [3.8, 4) is 5.75 Å². The molecule has 1 saturated heterocycles. The third-order valence-electron chi connectivity index (χ3n) is 3.65. The molecule has 1 aromatic carbocycles. The van der Waals surface area contributed by atoms with Crippen LogP contribution in [0.5, 0.6) is 5.75 Å². The number of benzene rings is 1. The van der Waals surface area contributed by atoms with Crippen molar-refractivity contribution in [2.75, 3.05) is 20.3 Å². The Kier molecular flexibility index (Phi) is 5.41. The highest BCUT2D eigenvalue weighted by Crippen LogP contribution is 2.19. The van der Waals surface area contributed by atoms with Gasteiger partial charge in [0.25, 0.3) is 0 Å². The molecule has 1 aliphatic heterocycles. The number of nitrogens with one attached hydrogen (secondary N) is 1. The van der Waals surface area contributed by atoms with Crippen LogP contribution in [0.4, 0.5) is 0 Å². The minimum atomic E-state index is 0.0916. The van der Waals surface area contributed by atoms with E-state index in [2.05, 4.69) is 11.4 Å². The topological polar surface area (TPSA) is 47.6 Å². The van der Waals surface area contributed by atoms with Gasteiger partial charge in [-0.3, -0.25) is 4.79 Å². The van der Waals surface area contributed by atoms with Gasteiger partial charge in [-0.2, -0.15) is 0 Å². The zero-order chi connectivity index (χ0) is 14.4. The number of hydrogen-bond acceptors (Lipinski definition) is 3. The molecule has 1 amide bonds. The lowest BCUT2D eigenvalue weighted by Crippen LogP contribution is -2.31. The second-order valence-corrected chi connectivity index (χ2v) is 5.24. The van der Waals surface area contributed by atoms with Gasteiger partial charge in [-0.05, 0) is 43.4 Å². The summed E-state index contributed by atoms with van der Waals surface area (Å²) in [4.78, 5) is 11.8. The number of amides is 1. The average Bonchev–Trinajstić information content (AvgIpc) is 2.96. The maximum atomic E-state index is 11.8. The third kappa shape index (κ3) is 4.23. The van der Waals surface area contributed by atoms with Crippen molar-refractivity contribution in [2.45, 2.75) is 38.7 Å². The number of aryl methyl sites for hydroxylation is 2. The molecule has 110 valence electrons. The molecule has 2 rings (SSSR count). The predicted molar refractivity (Wildman–Crippen MR) is 78.0 cm³/mol. The fourth-order valence-electron chi connectivity index (χ4n) is 2.48. The van der Waals surface area contributed by atoms with Crippen LogP contribution in [-0.2, 0) is 16.0 Å². The quantitative estimate of drug-likeness (QED) is 0.867. The molecule has 0 bridgehead atoms. The summed E-state index contributed by atoms with van der Waals surface area (Å²) in [5.74, 6) is 0.977. The van der Waals surface area contributed by atoms with E-state index in [4.69, 9.17) is 9.47 Å². The summed E-state index contributed by atoms with van der Waals surface area (Å²) < 4.78 is 10.7. The number of rotatable bonds is 6. The molecule has 1 aromatic rings. The van der Waals surface area contributed by atoms with Crippen LogP contribution in [0.25, 0.3) is 0 Å². The molecule has 1 fully saturated rings. The van der Waals surface area contributed by atoms with Crippen molar-refractivity contribution < 1.29 is 14.3 Å². The van der Waals surface area contributed by atoms with Crippen LogP contribution >= 0.6 is 0 Å². The first kappa shape index (κ1) is 14.9. The Morgan fingerprint density at radius 3 is 3.00 bits per heavy atom. The molecule has 1 atom stereocenters. The Labute approximate surface area is 120 Å². The van der Waals surface area contributed by atoms with Crippen LogP contribution in [0.3, 0.4) is 0 Å². The van der Waals surface area contributed by atoms with Gasteiger partial charge in [0.05, 0.1) is 13.2 Å². The van der Waals surface area contributed by atoms with E-state index in [0.29, 0.717) is 13.0 Å². The summed E-state index contributed by atoms with van der Waals surface area (Å²) >= 11 is 0. The smallest absolute Gasteiger partial charge is 0.220 e. The van der Waals surface area contributed by atoms with Gasteiger partial charge >= 0.3 is 0 Å². The Balaban J connectivity index is 1.73. The van der Waals surface area contributed by atoms with Gasteiger partial charge < -0.3 is 14.8 Å². The fraction of sp³-hybridized carbons (Fsp3) is 0.562. The lowest BCUT2D eigenvalue weighted by molar-refractivity contribution is -0.121. The Bertz CT molecular complexity index is 453. The van der Waals surface area contributed by atoms with E-state index in [1.54, 1.807) is 7.11 Å². The molecule has 4 heteroatoms. The van der Waals surface area contributed by atoms with E-state index in [1.165, 1.54) is 0 Å². The number of carbonyl (C=O) groups excluding carboxylic acids is 1. The summed E-state index contributed by atoms with van der Waals surface area (Å²) in [6, 6.07) is 6.04. The summed E-state index contributed by atoms with van der Waals surface area (Å²) in [6.45, 7) is 3.48.